The number of carbonyl (C=O) groups excluding carboxylic acids is 9. The molecule has 0 aliphatic carbocycles. The van der Waals surface area contributed by atoms with Crippen LogP contribution in [-0.2, 0) is 84.0 Å². The molecule has 0 aromatic heterocycles. The molecule has 10 atom stereocenters. The summed E-state index contributed by atoms with van der Waals surface area (Å²) in [5.74, 6) is 1.16. The topological polar surface area (TPSA) is 463 Å². The third-order valence-electron chi connectivity index (χ3n) is 22.3. The van der Waals surface area contributed by atoms with Gasteiger partial charge in [-0.15, -0.1) is 0 Å². The maximum atomic E-state index is 12.0. The van der Waals surface area contributed by atoms with Gasteiger partial charge in [0.2, 0.25) is 45.5 Å². The predicted octanol–water partition coefficient (Wildman–Crippen LogP) is 15.6. The fourth-order valence-electron chi connectivity index (χ4n) is 9.54. The standard InChI is InChI=1S/C24H34N2O5Si.C15H32N2O4Si.C10H25NO4SSi.C7H15NO2.C7H15NO.2C7H18O2Si.3C5H11NO/c1-4-20(2)23(27)29-18-17-26-24(28)25-16-11-19-32(3,30-21-12-7-5-8-13-21)31-22-14-9-6-10-15-22;1-6-13(3)14(18)16-10-11-20-15(19)17-9-8-12-22(4,5)21-7-2;1-6-10(2)16(12,13)11-8-7-9-17(5,14-3)15-4;1-3-6(2)7(10)8-4-5-9;1-5-6(2)7(9)8(3)4;2*1-6-7(2)10(5,8-3)9-4;3*1-3-4(2)5(6)7/h5-10,12-15,20H,4,11,16-19H2,1-3H3,(H2,25,26,28);13H,6-12H2,1-5H3,(H,16,18)(H,17,19);10-11H,6-9H2,1-5H3;6,9H,3-5H2,1-2H3,(H,8,10);6H,5H2,1-4H3;2*7H,6H2,1-5H3;3*4H,3H2,1-2H3,(H2,6,7). The minimum atomic E-state index is -3.16. The first-order chi connectivity index (χ1) is 61.1. The van der Waals surface area contributed by atoms with Gasteiger partial charge in [-0.1, -0.05) is 181 Å². The lowest BCUT2D eigenvalue weighted by Gasteiger charge is -2.28. The van der Waals surface area contributed by atoms with Gasteiger partial charge in [0.25, 0.3) is 0 Å². The Morgan fingerprint density at radius 2 is 0.748 bits per heavy atom. The molecule has 33 nitrogen and oxygen atoms in total. The van der Waals surface area contributed by atoms with Gasteiger partial charge < -0.3 is 103 Å². The second kappa shape index (κ2) is 84.1. The average Bonchev–Trinajstić information content (AvgIpc) is 0.846. The van der Waals surface area contributed by atoms with Gasteiger partial charge in [0.1, 0.15) is 24.7 Å². The van der Waals surface area contributed by atoms with Gasteiger partial charge in [-0.3, -0.25) is 33.6 Å². The highest BCUT2D eigenvalue weighted by atomic mass is 32.2. The number of nitrogens with zero attached hydrogens (tertiary/aromatic N) is 1. The molecule has 2 aromatic carbocycles. The smallest absolute Gasteiger partial charge is 0.457 e. The number of benzene rings is 2. The molecule has 0 fully saturated rings. The van der Waals surface area contributed by atoms with E-state index in [1.54, 1.807) is 68.6 Å². The number of ether oxygens (including phenoxy) is 2. The summed E-state index contributed by atoms with van der Waals surface area (Å²) in [5, 5.41) is 21.6. The SMILES string of the molecule is CCC(C)C(=O)N(C)C.CCC(C)C(=O)NCCO.CCC(C)C(=O)OCCNC(=O)NCCC[Si](C)(Oc1ccccc1)Oc1ccccc1.CCC(C)C(N)=O.CCC(C)C(N)=O.CCC(C)C(N)=O.CCC(C)S(=O)(=O)NCCC[Si](C)(OC)OC.CCC(C)[Si](C)(OC)OC.CCC(C)[Si](C)(OC)OC.CCO[Si](C)(C)CCCNC(=O)OCCNC(=O)C(C)CC. The summed E-state index contributed by atoms with van der Waals surface area (Å²) in [6, 6.07) is 21.5. The molecule has 39 heteroatoms. The molecule has 0 aliphatic rings. The summed E-state index contributed by atoms with van der Waals surface area (Å²) in [6.07, 6.45) is 10.6. The van der Waals surface area contributed by atoms with Crippen molar-refractivity contribution >= 4 is 106 Å². The first-order valence-electron chi connectivity index (χ1n) is 46.9. The number of para-hydroxylation sites is 2. The number of alkyl carbamates (subject to hydrolysis) is 1. The number of primary amides is 3. The zero-order valence-corrected chi connectivity index (χ0v) is 93.8. The molecule has 0 spiro atoms. The van der Waals surface area contributed by atoms with E-state index in [0.29, 0.717) is 62.7 Å². The van der Waals surface area contributed by atoms with Gasteiger partial charge >= 0.3 is 52.3 Å². The highest BCUT2D eigenvalue weighted by Gasteiger charge is 2.38. The van der Waals surface area contributed by atoms with E-state index in [4.69, 9.17) is 71.6 Å². The van der Waals surface area contributed by atoms with E-state index in [1.165, 1.54) is 0 Å². The molecule has 0 radical (unpaired) electrons. The van der Waals surface area contributed by atoms with Crippen LogP contribution in [0.4, 0.5) is 9.59 Å². The van der Waals surface area contributed by atoms with Crippen molar-refractivity contribution in [3.8, 4) is 11.5 Å². The minimum Gasteiger partial charge on any atom is -0.512 e. The zero-order valence-electron chi connectivity index (χ0n) is 87.9. The van der Waals surface area contributed by atoms with Crippen molar-refractivity contribution in [2.75, 3.05) is 122 Å². The first-order valence-corrected chi connectivity index (χ1v) is 61.4. The van der Waals surface area contributed by atoms with Gasteiger partial charge in [-0.05, 0) is 165 Å². The summed E-state index contributed by atoms with van der Waals surface area (Å²) in [5.41, 5.74) is 15.9. The third kappa shape index (κ3) is 76.4. The van der Waals surface area contributed by atoms with Crippen LogP contribution in [0.25, 0.3) is 0 Å². The molecule has 0 saturated heterocycles. The van der Waals surface area contributed by atoms with E-state index in [0.717, 1.165) is 101 Å². The Morgan fingerprint density at radius 1 is 0.405 bits per heavy atom. The maximum Gasteiger partial charge on any atom is 0.457 e. The Kier molecular flexibility index (Phi) is 89.8. The Balaban J connectivity index is -0.000000226. The van der Waals surface area contributed by atoms with Crippen molar-refractivity contribution in [3.63, 3.8) is 0 Å². The number of hydrogen-bond donors (Lipinski definition) is 10. The average molecular weight is 1980 g/mol. The fourth-order valence-corrected chi connectivity index (χ4v) is 19.8. The largest absolute Gasteiger partial charge is 0.512 e. The van der Waals surface area contributed by atoms with Crippen molar-refractivity contribution in [2.24, 2.45) is 58.6 Å². The molecular weight excluding hydrogens is 1790 g/mol. The molecule has 131 heavy (non-hydrogen) atoms. The number of esters is 1. The highest BCUT2D eigenvalue weighted by Crippen LogP contribution is 2.28. The van der Waals surface area contributed by atoms with Crippen LogP contribution in [0.5, 0.6) is 11.5 Å². The normalized spacial score (nSPS) is 13.3. The van der Waals surface area contributed by atoms with Crippen LogP contribution in [0.3, 0.4) is 0 Å². The van der Waals surface area contributed by atoms with Gasteiger partial charge in [0.05, 0.1) is 30.9 Å². The molecule has 0 aliphatic heterocycles. The Bertz CT molecular complexity index is 3200. The first kappa shape index (κ1) is 140. The van der Waals surface area contributed by atoms with Crippen LogP contribution >= 0.6 is 0 Å². The Labute approximate surface area is 799 Å². The molecule has 0 saturated carbocycles. The summed E-state index contributed by atoms with van der Waals surface area (Å²) in [7, 11) is 0.813. The van der Waals surface area contributed by atoms with E-state index in [1.807, 2.05) is 185 Å². The summed E-state index contributed by atoms with van der Waals surface area (Å²) < 4.78 is 86.4. The number of hydrogen-bond acceptors (Lipinski definition) is 23. The van der Waals surface area contributed by atoms with Gasteiger partial charge in [-0.25, -0.2) is 22.7 Å². The minimum absolute atomic E-state index is 0.00498. The number of carbonyl (C=O) groups is 9. The van der Waals surface area contributed by atoms with E-state index < -0.39 is 58.7 Å². The van der Waals surface area contributed by atoms with Crippen LogP contribution in [0.15, 0.2) is 60.7 Å². The van der Waals surface area contributed by atoms with Crippen LogP contribution in [0.2, 0.25) is 68.5 Å². The number of amides is 9. The number of aliphatic hydroxyl groups is 1. The number of nitrogens with two attached hydrogens (primary N) is 3. The number of sulfonamides is 1. The monoisotopic (exact) mass is 1980 g/mol. The second-order valence-electron chi connectivity index (χ2n) is 33.5. The molecular formula is C92H190N10O23SSi5. The number of rotatable bonds is 53. The van der Waals surface area contributed by atoms with Crippen LogP contribution < -0.4 is 57.4 Å². The molecule has 2 rings (SSSR count). The van der Waals surface area contributed by atoms with Crippen molar-refractivity contribution in [1.82, 2.24) is 36.2 Å². The van der Waals surface area contributed by atoms with Gasteiger partial charge in [0.15, 0.2) is 8.32 Å². The molecule has 0 heterocycles. The zero-order chi connectivity index (χ0) is 103. The van der Waals surface area contributed by atoms with E-state index in [-0.39, 0.29) is 120 Å². The summed E-state index contributed by atoms with van der Waals surface area (Å²) >= 11 is 0. The summed E-state index contributed by atoms with van der Waals surface area (Å²) in [4.78, 5) is 101. The van der Waals surface area contributed by atoms with Gasteiger partial charge in [-0.2, -0.15) is 0 Å². The van der Waals surface area contributed by atoms with Crippen molar-refractivity contribution in [3.05, 3.63) is 60.7 Å². The van der Waals surface area contributed by atoms with Crippen molar-refractivity contribution in [2.45, 2.75) is 303 Å². The van der Waals surface area contributed by atoms with E-state index >= 15 is 0 Å². The quantitative estimate of drug-likeness (QED) is 0.0167. The molecule has 10 unspecified atom stereocenters. The van der Waals surface area contributed by atoms with Gasteiger partial charge in [0, 0.05) is 138 Å². The van der Waals surface area contributed by atoms with E-state index in [9.17, 15) is 51.6 Å². The molecule has 9 amide bonds. The predicted molar refractivity (Wildman–Crippen MR) is 543 cm³/mol. The third-order valence-corrected chi connectivity index (χ3v) is 40.2. The van der Waals surface area contributed by atoms with Crippen LogP contribution in [-0.4, -0.2) is 242 Å². The lowest BCUT2D eigenvalue weighted by Crippen LogP contribution is -2.46. The Hall–Kier alpha value is -6.46. The Morgan fingerprint density at radius 3 is 1.06 bits per heavy atom. The van der Waals surface area contributed by atoms with Crippen molar-refractivity contribution < 1.29 is 106 Å². The molecule has 0 bridgehead atoms. The number of urea groups is 1. The summed E-state index contributed by atoms with van der Waals surface area (Å²) in [6.45, 7) is 57.1. The lowest BCUT2D eigenvalue weighted by atomic mass is 10.1. The van der Waals surface area contributed by atoms with E-state index in [2.05, 4.69) is 85.2 Å². The number of aliphatic hydroxyl groups excluding tert-OH is 1. The van der Waals surface area contributed by atoms with Crippen molar-refractivity contribution in [1.29, 1.82) is 0 Å². The number of nitrogens with one attached hydrogen (secondary N) is 6. The molecule has 772 valence electrons. The fraction of sp³-hybridized carbons (Fsp3) is 0.772. The van der Waals surface area contributed by atoms with Crippen LogP contribution in [0, 0.1) is 41.4 Å². The van der Waals surface area contributed by atoms with Crippen LogP contribution in [0.1, 0.15) is 229 Å². The molecule has 13 N–H and O–H groups in total. The molecule has 2 aromatic rings. The lowest BCUT2D eigenvalue weighted by molar-refractivity contribution is -0.147. The maximum absolute atomic E-state index is 12.0. The second-order valence-corrected chi connectivity index (χ2v) is 54.4. The highest BCUT2D eigenvalue weighted by molar-refractivity contribution is 7.90.